The first-order chi connectivity index (χ1) is 16.2. The van der Waals surface area contributed by atoms with Crippen molar-refractivity contribution in [2.24, 2.45) is 0 Å². The highest BCUT2D eigenvalue weighted by molar-refractivity contribution is 7.95. The molecule has 0 unspecified atom stereocenters. The Labute approximate surface area is 199 Å². The third-order valence-electron chi connectivity index (χ3n) is 4.73. The Hall–Kier alpha value is -3.66. The maximum atomic E-state index is 12.6. The molecule has 0 bridgehead atoms. The number of hydrogen-bond acceptors (Lipinski definition) is 9. The van der Waals surface area contributed by atoms with Crippen LogP contribution in [0.3, 0.4) is 0 Å². The van der Waals surface area contributed by atoms with E-state index in [-0.39, 0.29) is 0 Å². The number of rotatable bonds is 12. The Morgan fingerprint density at radius 1 is 0.676 bits per heavy atom. The summed E-state index contributed by atoms with van der Waals surface area (Å²) in [6.45, 7) is 0. The number of ketones is 1. The molecule has 2 aromatic rings. The number of benzene rings is 2. The minimum absolute atomic E-state index is 0.354. The topological polar surface area (TPSA) is 107 Å². The lowest BCUT2D eigenvalue weighted by molar-refractivity contribution is -0.112. The van der Waals surface area contributed by atoms with Gasteiger partial charge >= 0.3 is 0 Å². The first-order valence-corrected chi connectivity index (χ1v) is 11.6. The fourth-order valence-corrected chi connectivity index (χ4v) is 3.97. The third kappa shape index (κ3) is 6.67. The van der Waals surface area contributed by atoms with Crippen molar-refractivity contribution in [1.29, 1.82) is 0 Å². The Balaban J connectivity index is 2.27. The van der Waals surface area contributed by atoms with Gasteiger partial charge in [-0.25, -0.2) is 8.42 Å². The second-order valence-corrected chi connectivity index (χ2v) is 8.69. The zero-order valence-electron chi connectivity index (χ0n) is 19.9. The van der Waals surface area contributed by atoms with Crippen LogP contribution < -0.4 is 28.4 Å². The molecule has 0 aromatic heterocycles. The lowest BCUT2D eigenvalue weighted by atomic mass is 10.1. The highest BCUT2D eigenvalue weighted by Crippen LogP contribution is 2.36. The molecule has 9 nitrogen and oxygen atoms in total. The van der Waals surface area contributed by atoms with Gasteiger partial charge in [0.1, 0.15) is 40.2 Å². The molecule has 0 spiro atoms. The molecule has 0 aliphatic carbocycles. The van der Waals surface area contributed by atoms with Gasteiger partial charge in [-0.05, 0) is 18.2 Å². The van der Waals surface area contributed by atoms with Gasteiger partial charge < -0.3 is 28.4 Å². The van der Waals surface area contributed by atoms with E-state index in [0.29, 0.717) is 45.6 Å². The first-order valence-electron chi connectivity index (χ1n) is 9.93. The van der Waals surface area contributed by atoms with Gasteiger partial charge in [0.05, 0.1) is 53.8 Å². The highest BCUT2D eigenvalue weighted by atomic mass is 32.2. The van der Waals surface area contributed by atoms with Crippen LogP contribution in [0.15, 0.2) is 35.7 Å². The van der Waals surface area contributed by atoms with Gasteiger partial charge in [0.25, 0.3) is 0 Å². The van der Waals surface area contributed by atoms with Crippen LogP contribution in [-0.2, 0) is 14.6 Å². The molecule has 10 heteroatoms. The molecule has 0 radical (unpaired) electrons. The van der Waals surface area contributed by atoms with Crippen LogP contribution in [-0.4, -0.2) is 62.6 Å². The Morgan fingerprint density at radius 2 is 1.06 bits per heavy atom. The third-order valence-corrected chi connectivity index (χ3v) is 5.97. The standard InChI is InChI=1S/C24H28O9S/c1-28-17-11-21(30-3)19(22(12-17)31-4)8-7-16(25)15-34(26,27)10-9-20-23(32-5)13-18(29-2)14-24(20)33-6/h7-14H,15H2,1-6H3/b8-7+,10-9+. The van der Waals surface area contributed by atoms with E-state index in [0.717, 1.165) is 11.5 Å². The Bertz CT molecular complexity index is 1130. The zero-order chi connectivity index (χ0) is 25.3. The van der Waals surface area contributed by atoms with Gasteiger partial charge in [-0.15, -0.1) is 0 Å². The number of hydrogen-bond donors (Lipinski definition) is 0. The van der Waals surface area contributed by atoms with E-state index >= 15 is 0 Å². The molecule has 0 heterocycles. The Morgan fingerprint density at radius 3 is 1.41 bits per heavy atom. The van der Waals surface area contributed by atoms with Crippen molar-refractivity contribution >= 4 is 27.8 Å². The van der Waals surface area contributed by atoms with Crippen LogP contribution in [0.25, 0.3) is 12.2 Å². The molecule has 0 N–H and O–H groups in total. The number of carbonyl (C=O) groups excluding carboxylic acids is 1. The van der Waals surface area contributed by atoms with Crippen LogP contribution in [0.5, 0.6) is 34.5 Å². The lowest BCUT2D eigenvalue weighted by Crippen LogP contribution is -2.11. The van der Waals surface area contributed by atoms with Crippen LogP contribution >= 0.6 is 0 Å². The highest BCUT2D eigenvalue weighted by Gasteiger charge is 2.16. The first kappa shape index (κ1) is 26.6. The van der Waals surface area contributed by atoms with Gasteiger partial charge in [-0.2, -0.15) is 0 Å². The molecule has 0 saturated heterocycles. The minimum Gasteiger partial charge on any atom is -0.496 e. The molecule has 0 aliphatic rings. The maximum absolute atomic E-state index is 12.6. The van der Waals surface area contributed by atoms with Crippen molar-refractivity contribution in [3.63, 3.8) is 0 Å². The number of allylic oxidation sites excluding steroid dienone is 1. The predicted molar refractivity (Wildman–Crippen MR) is 129 cm³/mol. The van der Waals surface area contributed by atoms with Crippen molar-refractivity contribution in [1.82, 2.24) is 0 Å². The molecule has 184 valence electrons. The van der Waals surface area contributed by atoms with Gasteiger partial charge in [0, 0.05) is 29.7 Å². The van der Waals surface area contributed by atoms with Crippen LogP contribution in [0, 0.1) is 0 Å². The van der Waals surface area contributed by atoms with Gasteiger partial charge in [-0.1, -0.05) is 0 Å². The average Bonchev–Trinajstić information content (AvgIpc) is 2.84. The molecule has 34 heavy (non-hydrogen) atoms. The Kier molecular flexibility index (Phi) is 9.37. The summed E-state index contributed by atoms with van der Waals surface area (Å²) in [6, 6.07) is 6.44. The van der Waals surface area contributed by atoms with Gasteiger partial charge in [-0.3, -0.25) is 4.79 Å². The summed E-state index contributed by atoms with van der Waals surface area (Å²) >= 11 is 0. The summed E-state index contributed by atoms with van der Waals surface area (Å²) in [6.07, 6.45) is 3.92. The quantitative estimate of drug-likeness (QED) is 0.412. The molecule has 0 amide bonds. The number of ether oxygens (including phenoxy) is 6. The summed E-state index contributed by atoms with van der Waals surface area (Å²) in [4.78, 5) is 12.4. The summed E-state index contributed by atoms with van der Waals surface area (Å²) in [5, 5.41) is 0.945. The fraction of sp³-hybridized carbons (Fsp3) is 0.292. The van der Waals surface area contributed by atoms with E-state index < -0.39 is 21.4 Å². The van der Waals surface area contributed by atoms with Crippen molar-refractivity contribution < 1.29 is 41.6 Å². The van der Waals surface area contributed by atoms with Crippen LogP contribution in [0.2, 0.25) is 0 Å². The molecular weight excluding hydrogens is 464 g/mol. The predicted octanol–water partition coefficient (Wildman–Crippen LogP) is 3.41. The molecule has 2 rings (SSSR count). The lowest BCUT2D eigenvalue weighted by Gasteiger charge is -2.12. The zero-order valence-corrected chi connectivity index (χ0v) is 20.7. The van der Waals surface area contributed by atoms with Gasteiger partial charge in [0.2, 0.25) is 0 Å². The normalized spacial score (nSPS) is 11.5. The summed E-state index contributed by atoms with van der Waals surface area (Å²) in [5.41, 5.74) is 0.866. The monoisotopic (exact) mass is 492 g/mol. The van der Waals surface area contributed by atoms with E-state index in [1.807, 2.05) is 0 Å². The van der Waals surface area contributed by atoms with E-state index in [1.54, 1.807) is 24.3 Å². The maximum Gasteiger partial charge on any atom is 0.179 e. The summed E-state index contributed by atoms with van der Waals surface area (Å²) in [7, 11) is 4.90. The van der Waals surface area contributed by atoms with Crippen LogP contribution in [0.4, 0.5) is 0 Å². The molecule has 0 aliphatic heterocycles. The van der Waals surface area contributed by atoms with Crippen molar-refractivity contribution in [3.05, 3.63) is 46.9 Å². The van der Waals surface area contributed by atoms with Crippen molar-refractivity contribution in [2.45, 2.75) is 0 Å². The molecule has 0 saturated carbocycles. The molecule has 0 fully saturated rings. The number of carbonyl (C=O) groups is 1. The van der Waals surface area contributed by atoms with Crippen molar-refractivity contribution in [2.75, 3.05) is 48.4 Å². The smallest absolute Gasteiger partial charge is 0.179 e. The van der Waals surface area contributed by atoms with Crippen LogP contribution in [0.1, 0.15) is 11.1 Å². The van der Waals surface area contributed by atoms with Gasteiger partial charge in [0.15, 0.2) is 15.6 Å². The van der Waals surface area contributed by atoms with E-state index in [9.17, 15) is 13.2 Å². The minimum atomic E-state index is -3.90. The molecular formula is C24H28O9S. The average molecular weight is 493 g/mol. The fourth-order valence-electron chi connectivity index (χ4n) is 3.04. The SMILES string of the molecule is COc1cc(OC)c(/C=C/C(=O)CS(=O)(=O)/C=C/c2c(OC)cc(OC)cc2OC)c(OC)c1. The largest absolute Gasteiger partial charge is 0.496 e. The second-order valence-electron chi connectivity index (χ2n) is 6.80. The van der Waals surface area contributed by atoms with E-state index in [4.69, 9.17) is 28.4 Å². The molecule has 0 atom stereocenters. The second kappa shape index (κ2) is 12.0. The summed E-state index contributed by atoms with van der Waals surface area (Å²) in [5.74, 6) is 1.15. The van der Waals surface area contributed by atoms with E-state index in [2.05, 4.69) is 0 Å². The van der Waals surface area contributed by atoms with E-state index in [1.165, 1.54) is 54.8 Å². The number of methoxy groups -OCH3 is 6. The number of sulfone groups is 1. The van der Waals surface area contributed by atoms with Crippen molar-refractivity contribution in [3.8, 4) is 34.5 Å². The summed E-state index contributed by atoms with van der Waals surface area (Å²) < 4.78 is 56.8. The molecule has 2 aromatic carbocycles.